The molecule has 1 aliphatic carbocycles. The first-order valence-electron chi connectivity index (χ1n) is 11.8. The first-order chi connectivity index (χ1) is 15.0. The molecule has 0 radical (unpaired) electrons. The molecular formula is C25H35N3O3. The molecule has 0 aromatic heterocycles. The summed E-state index contributed by atoms with van der Waals surface area (Å²) in [5.41, 5.74) is 1.61. The molecular weight excluding hydrogens is 390 g/mol. The normalized spacial score (nSPS) is 14.1. The Morgan fingerprint density at radius 3 is 2.10 bits per heavy atom. The zero-order chi connectivity index (χ0) is 22.2. The van der Waals surface area contributed by atoms with Crippen LogP contribution in [0.2, 0.25) is 0 Å². The van der Waals surface area contributed by atoms with Crippen LogP contribution in [0.25, 0.3) is 0 Å². The van der Waals surface area contributed by atoms with Crippen LogP contribution in [0.4, 0.5) is 11.4 Å². The quantitative estimate of drug-likeness (QED) is 0.496. The number of carbonyl (C=O) groups is 1. The van der Waals surface area contributed by atoms with Gasteiger partial charge < -0.3 is 15.5 Å². The summed E-state index contributed by atoms with van der Waals surface area (Å²) in [4.78, 5) is 38.8. The van der Waals surface area contributed by atoms with Crippen LogP contribution >= 0.6 is 0 Å². The lowest BCUT2D eigenvalue weighted by atomic mass is 10.1. The summed E-state index contributed by atoms with van der Waals surface area (Å²) in [7, 11) is 0. The van der Waals surface area contributed by atoms with Crippen molar-refractivity contribution in [2.24, 2.45) is 0 Å². The van der Waals surface area contributed by atoms with E-state index in [1.54, 1.807) is 0 Å². The fourth-order valence-electron chi connectivity index (χ4n) is 4.12. The van der Waals surface area contributed by atoms with Crippen molar-refractivity contribution in [3.05, 3.63) is 55.8 Å². The fourth-order valence-corrected chi connectivity index (χ4v) is 4.12. The van der Waals surface area contributed by atoms with Crippen LogP contribution in [0.5, 0.6) is 0 Å². The van der Waals surface area contributed by atoms with Crippen LogP contribution < -0.4 is 21.5 Å². The Labute approximate surface area is 184 Å². The summed E-state index contributed by atoms with van der Waals surface area (Å²) in [5.74, 6) is 0.0759. The van der Waals surface area contributed by atoms with E-state index in [1.807, 2.05) is 29.2 Å². The SMILES string of the molecule is CCCCN(CCCC)C(=O)c1ccc(CNc2c(NC3CCCC3)c(=O)c2=O)cc1. The molecule has 6 nitrogen and oxygen atoms in total. The van der Waals surface area contributed by atoms with Gasteiger partial charge >= 0.3 is 0 Å². The highest BCUT2D eigenvalue weighted by Gasteiger charge is 2.24. The van der Waals surface area contributed by atoms with Gasteiger partial charge in [0, 0.05) is 31.2 Å². The van der Waals surface area contributed by atoms with E-state index in [-0.39, 0.29) is 11.9 Å². The molecule has 0 heterocycles. The van der Waals surface area contributed by atoms with Gasteiger partial charge in [-0.1, -0.05) is 51.7 Å². The smallest absolute Gasteiger partial charge is 0.253 e. The molecule has 0 aliphatic heterocycles. The summed E-state index contributed by atoms with van der Waals surface area (Å²) in [6, 6.07) is 7.81. The van der Waals surface area contributed by atoms with Gasteiger partial charge in [-0.3, -0.25) is 14.4 Å². The average Bonchev–Trinajstić information content (AvgIpc) is 3.31. The Balaban J connectivity index is 1.59. The first kappa shape index (κ1) is 23.0. The predicted molar refractivity (Wildman–Crippen MR) is 127 cm³/mol. The third kappa shape index (κ3) is 5.75. The molecule has 2 aromatic rings. The molecule has 0 atom stereocenters. The summed E-state index contributed by atoms with van der Waals surface area (Å²) >= 11 is 0. The topological polar surface area (TPSA) is 78.5 Å². The number of amides is 1. The molecule has 1 amide bonds. The Kier molecular flexibility index (Phi) is 8.27. The number of nitrogens with one attached hydrogen (secondary N) is 2. The third-order valence-corrected chi connectivity index (χ3v) is 6.13. The molecule has 0 spiro atoms. The minimum absolute atomic E-state index is 0.0759. The van der Waals surface area contributed by atoms with E-state index < -0.39 is 10.9 Å². The standard InChI is InChI=1S/C25H35N3O3/c1-3-5-15-28(16-6-4-2)25(31)19-13-11-18(12-14-19)17-26-21-22(24(30)23(21)29)27-20-9-7-8-10-20/h11-14,20,26-27H,3-10,15-17H2,1-2H3. The molecule has 6 heteroatoms. The third-order valence-electron chi connectivity index (χ3n) is 6.13. The van der Waals surface area contributed by atoms with Crippen molar-refractivity contribution in [2.75, 3.05) is 23.7 Å². The van der Waals surface area contributed by atoms with Crippen molar-refractivity contribution in [1.82, 2.24) is 4.90 Å². The molecule has 31 heavy (non-hydrogen) atoms. The van der Waals surface area contributed by atoms with Crippen LogP contribution in [-0.2, 0) is 6.54 Å². The van der Waals surface area contributed by atoms with Crippen LogP contribution in [0.1, 0.15) is 81.1 Å². The summed E-state index contributed by atoms with van der Waals surface area (Å²) < 4.78 is 0. The number of unbranched alkanes of at least 4 members (excludes halogenated alkanes) is 2. The second kappa shape index (κ2) is 11.1. The molecule has 2 N–H and O–H groups in total. The van der Waals surface area contributed by atoms with Gasteiger partial charge in [-0.2, -0.15) is 0 Å². The van der Waals surface area contributed by atoms with Gasteiger partial charge in [0.15, 0.2) is 0 Å². The second-order valence-corrected chi connectivity index (χ2v) is 8.58. The van der Waals surface area contributed by atoms with Gasteiger partial charge in [0.25, 0.3) is 16.8 Å². The molecule has 1 fully saturated rings. The minimum Gasteiger partial charge on any atom is -0.377 e. The summed E-state index contributed by atoms with van der Waals surface area (Å²) in [6.45, 7) is 6.29. The number of hydrogen-bond acceptors (Lipinski definition) is 5. The van der Waals surface area contributed by atoms with Gasteiger partial charge in [0.1, 0.15) is 11.4 Å². The predicted octanol–water partition coefficient (Wildman–Crippen LogP) is 4.29. The van der Waals surface area contributed by atoms with E-state index in [0.717, 1.165) is 70.0 Å². The van der Waals surface area contributed by atoms with E-state index in [2.05, 4.69) is 24.5 Å². The van der Waals surface area contributed by atoms with E-state index in [1.165, 1.54) is 0 Å². The van der Waals surface area contributed by atoms with Gasteiger partial charge in [0.05, 0.1) is 0 Å². The van der Waals surface area contributed by atoms with Gasteiger partial charge in [-0.05, 0) is 43.4 Å². The van der Waals surface area contributed by atoms with Gasteiger partial charge in [0.2, 0.25) is 0 Å². The van der Waals surface area contributed by atoms with Crippen LogP contribution in [0.3, 0.4) is 0 Å². The Morgan fingerprint density at radius 1 is 0.935 bits per heavy atom. The van der Waals surface area contributed by atoms with Crippen molar-refractivity contribution >= 4 is 17.3 Å². The molecule has 2 aromatic carbocycles. The van der Waals surface area contributed by atoms with Gasteiger partial charge in [-0.15, -0.1) is 0 Å². The number of hydrogen-bond donors (Lipinski definition) is 2. The minimum atomic E-state index is -0.449. The molecule has 168 valence electrons. The van der Waals surface area contributed by atoms with Crippen molar-refractivity contribution in [3.8, 4) is 0 Å². The lowest BCUT2D eigenvalue weighted by molar-refractivity contribution is 0.0751. The lowest BCUT2D eigenvalue weighted by Gasteiger charge is -2.22. The monoisotopic (exact) mass is 425 g/mol. The first-order valence-corrected chi connectivity index (χ1v) is 11.8. The summed E-state index contributed by atoms with van der Waals surface area (Å²) in [6.07, 6.45) is 8.56. The molecule has 1 saturated carbocycles. The maximum Gasteiger partial charge on any atom is 0.253 e. The molecule has 0 unspecified atom stereocenters. The fraction of sp³-hybridized carbons (Fsp3) is 0.560. The number of rotatable bonds is 12. The summed E-state index contributed by atoms with van der Waals surface area (Å²) in [5, 5.41) is 6.37. The highest BCUT2D eigenvalue weighted by atomic mass is 16.2. The molecule has 0 saturated heterocycles. The van der Waals surface area contributed by atoms with Crippen molar-refractivity contribution < 1.29 is 4.79 Å². The highest BCUT2D eigenvalue weighted by Crippen LogP contribution is 2.24. The second-order valence-electron chi connectivity index (χ2n) is 8.58. The maximum atomic E-state index is 12.9. The van der Waals surface area contributed by atoms with E-state index in [9.17, 15) is 14.4 Å². The Bertz CT molecular complexity index is 915. The van der Waals surface area contributed by atoms with Crippen LogP contribution in [0.15, 0.2) is 33.9 Å². The van der Waals surface area contributed by atoms with Crippen molar-refractivity contribution in [1.29, 1.82) is 0 Å². The average molecular weight is 426 g/mol. The highest BCUT2D eigenvalue weighted by molar-refractivity contribution is 5.94. The van der Waals surface area contributed by atoms with Crippen molar-refractivity contribution in [3.63, 3.8) is 0 Å². The Morgan fingerprint density at radius 2 is 1.52 bits per heavy atom. The zero-order valence-corrected chi connectivity index (χ0v) is 18.8. The largest absolute Gasteiger partial charge is 0.377 e. The number of anilines is 2. The zero-order valence-electron chi connectivity index (χ0n) is 18.8. The number of carbonyl (C=O) groups excluding carboxylic acids is 1. The maximum absolute atomic E-state index is 12.9. The van der Waals surface area contributed by atoms with E-state index in [0.29, 0.717) is 23.5 Å². The van der Waals surface area contributed by atoms with Crippen LogP contribution in [0, 0.1) is 0 Å². The van der Waals surface area contributed by atoms with E-state index >= 15 is 0 Å². The lowest BCUT2D eigenvalue weighted by Crippen LogP contribution is -2.39. The molecule has 1 aliphatic rings. The van der Waals surface area contributed by atoms with Gasteiger partial charge in [-0.25, -0.2) is 0 Å². The number of benzene rings is 1. The van der Waals surface area contributed by atoms with E-state index in [4.69, 9.17) is 0 Å². The van der Waals surface area contributed by atoms with Crippen molar-refractivity contribution in [2.45, 2.75) is 77.8 Å². The molecule has 0 bridgehead atoms. The molecule has 3 rings (SSSR count). The number of nitrogens with zero attached hydrogens (tertiary/aromatic N) is 1. The Hall–Kier alpha value is -2.63. The van der Waals surface area contributed by atoms with Crippen LogP contribution in [-0.4, -0.2) is 29.9 Å².